The van der Waals surface area contributed by atoms with Gasteiger partial charge in [0.2, 0.25) is 0 Å². The Hall–Kier alpha value is -2.67. The molecule has 2 aromatic heterocycles. The topological polar surface area (TPSA) is 79.0 Å². The van der Waals surface area contributed by atoms with Crippen molar-refractivity contribution in [3.63, 3.8) is 0 Å². The van der Waals surface area contributed by atoms with Crippen LogP contribution in [0, 0.1) is 5.41 Å². The van der Waals surface area contributed by atoms with Crippen molar-refractivity contribution in [3.8, 4) is 17.1 Å². The number of nitrogens with zero attached hydrogens (tertiary/aromatic N) is 4. The highest BCUT2D eigenvalue weighted by atomic mass is 16.5. The van der Waals surface area contributed by atoms with Gasteiger partial charge in [0.05, 0.1) is 11.2 Å². The molecule has 0 bridgehead atoms. The van der Waals surface area contributed by atoms with Gasteiger partial charge in [-0.2, -0.15) is 5.10 Å². The van der Waals surface area contributed by atoms with Crippen molar-refractivity contribution >= 4 is 16.7 Å². The van der Waals surface area contributed by atoms with Crippen LogP contribution in [0.1, 0.15) is 33.6 Å². The van der Waals surface area contributed by atoms with Gasteiger partial charge in [0.1, 0.15) is 29.2 Å². The minimum absolute atomic E-state index is 0.248. The molecule has 0 aliphatic carbocycles. The predicted octanol–water partition coefficient (Wildman–Crippen LogP) is 3.39. The van der Waals surface area contributed by atoms with Gasteiger partial charge in [-0.3, -0.25) is 5.10 Å². The molecule has 2 saturated heterocycles. The third-order valence-corrected chi connectivity index (χ3v) is 5.89. The molecule has 3 aromatic rings. The van der Waals surface area contributed by atoms with Gasteiger partial charge >= 0.3 is 0 Å². The third-order valence-electron chi connectivity index (χ3n) is 5.89. The number of nitrogens with one attached hydrogen (secondary N) is 2. The molecule has 7 nitrogen and oxygen atoms in total. The number of H-pyrrole nitrogens is 1. The quantitative estimate of drug-likeness (QED) is 0.711. The first-order chi connectivity index (χ1) is 13.9. The van der Waals surface area contributed by atoms with Gasteiger partial charge in [-0.1, -0.05) is 0 Å². The summed E-state index contributed by atoms with van der Waals surface area (Å²) in [5, 5.41) is 12.1. The number of hydrogen-bond acceptors (Lipinski definition) is 6. The summed E-state index contributed by atoms with van der Waals surface area (Å²) in [6, 6.07) is 8.07. The fourth-order valence-electron chi connectivity index (χ4n) is 4.45. The minimum Gasteiger partial charge on any atom is -0.488 e. The molecule has 2 aliphatic rings. The largest absolute Gasteiger partial charge is 0.488 e. The van der Waals surface area contributed by atoms with Crippen LogP contribution in [0.3, 0.4) is 0 Å². The van der Waals surface area contributed by atoms with E-state index < -0.39 is 0 Å². The second-order valence-electron chi connectivity index (χ2n) is 9.36. The lowest BCUT2D eigenvalue weighted by atomic mass is 9.72. The Bertz CT molecular complexity index is 1020. The van der Waals surface area contributed by atoms with E-state index in [1.165, 1.54) is 12.8 Å². The molecule has 1 aromatic carbocycles. The van der Waals surface area contributed by atoms with Crippen LogP contribution in [0.5, 0.6) is 5.75 Å². The molecule has 2 aliphatic heterocycles. The van der Waals surface area contributed by atoms with Crippen molar-refractivity contribution in [1.82, 2.24) is 25.5 Å². The highest BCUT2D eigenvalue weighted by Crippen LogP contribution is 2.41. The molecule has 1 spiro atoms. The smallest absolute Gasteiger partial charge is 0.132 e. The minimum atomic E-state index is -0.248. The Morgan fingerprint density at radius 2 is 1.86 bits per heavy atom. The Balaban J connectivity index is 1.42. The fourth-order valence-corrected chi connectivity index (χ4v) is 4.45. The molecular formula is C22H28N6O. The maximum absolute atomic E-state index is 6.03. The van der Waals surface area contributed by atoms with Crippen LogP contribution in [0.2, 0.25) is 0 Å². The van der Waals surface area contributed by atoms with Crippen LogP contribution in [-0.4, -0.2) is 51.9 Å². The first-order valence-electron chi connectivity index (χ1n) is 10.4. The molecule has 0 saturated carbocycles. The van der Waals surface area contributed by atoms with E-state index in [1.807, 2.05) is 39.0 Å². The van der Waals surface area contributed by atoms with E-state index in [-0.39, 0.29) is 5.60 Å². The number of ether oxygens (including phenoxy) is 1. The molecule has 29 heavy (non-hydrogen) atoms. The summed E-state index contributed by atoms with van der Waals surface area (Å²) in [4.78, 5) is 11.4. The van der Waals surface area contributed by atoms with E-state index in [4.69, 9.17) is 4.74 Å². The second kappa shape index (κ2) is 6.69. The van der Waals surface area contributed by atoms with Gasteiger partial charge in [-0.05, 0) is 64.9 Å². The highest BCUT2D eigenvalue weighted by molar-refractivity contribution is 5.93. The Kier molecular flexibility index (Phi) is 4.24. The Labute approximate surface area is 170 Å². The Morgan fingerprint density at radius 1 is 1.07 bits per heavy atom. The maximum atomic E-state index is 6.03. The molecule has 0 unspecified atom stereocenters. The van der Waals surface area contributed by atoms with Gasteiger partial charge in [-0.15, -0.1) is 0 Å². The van der Waals surface area contributed by atoms with E-state index in [0.29, 0.717) is 5.41 Å². The number of hydrogen-bond donors (Lipinski definition) is 2. The maximum Gasteiger partial charge on any atom is 0.132 e. The van der Waals surface area contributed by atoms with E-state index in [0.717, 1.165) is 60.0 Å². The second-order valence-corrected chi connectivity index (χ2v) is 9.36. The lowest BCUT2D eigenvalue weighted by Gasteiger charge is -2.53. The van der Waals surface area contributed by atoms with Crippen LogP contribution in [0.25, 0.3) is 22.3 Å². The molecule has 0 atom stereocenters. The first kappa shape index (κ1) is 18.4. The standard InChI is InChI=1S/C22H28N6O/c1-21(2,3)29-15-4-5-17-16(10-15)20(27-26-17)18-11-19(25-14-24-18)28-12-22(13-28)6-8-23-9-7-22/h4-5,10-11,14,23H,6-9,12-13H2,1-3H3,(H,26,27). The van der Waals surface area contributed by atoms with Crippen LogP contribution in [0.15, 0.2) is 30.6 Å². The monoisotopic (exact) mass is 392 g/mol. The molecular weight excluding hydrogens is 364 g/mol. The number of fused-ring (bicyclic) bond motifs is 1. The van der Waals surface area contributed by atoms with Crippen molar-refractivity contribution in [3.05, 3.63) is 30.6 Å². The van der Waals surface area contributed by atoms with Crippen molar-refractivity contribution in [1.29, 1.82) is 0 Å². The zero-order valence-electron chi connectivity index (χ0n) is 17.3. The van der Waals surface area contributed by atoms with E-state index in [1.54, 1.807) is 6.33 Å². The molecule has 2 N–H and O–H groups in total. The third kappa shape index (κ3) is 3.55. The van der Waals surface area contributed by atoms with Crippen molar-refractivity contribution < 1.29 is 4.74 Å². The van der Waals surface area contributed by atoms with Crippen LogP contribution in [0.4, 0.5) is 5.82 Å². The Morgan fingerprint density at radius 3 is 2.62 bits per heavy atom. The van der Waals surface area contributed by atoms with Gasteiger partial charge in [0, 0.05) is 30.0 Å². The lowest BCUT2D eigenvalue weighted by Crippen LogP contribution is -2.60. The van der Waals surface area contributed by atoms with Crippen LogP contribution < -0.4 is 15.0 Å². The summed E-state index contributed by atoms with van der Waals surface area (Å²) in [7, 11) is 0. The SMILES string of the molecule is CC(C)(C)Oc1ccc2[nH]nc(-c3cc(N4CC5(CCNCC5)C4)ncn3)c2c1. The summed E-state index contributed by atoms with van der Waals surface area (Å²) in [6.07, 6.45) is 4.15. The van der Waals surface area contributed by atoms with Crippen LogP contribution in [-0.2, 0) is 0 Å². The number of piperidine rings is 1. The normalized spacial score (nSPS) is 18.8. The van der Waals surface area contributed by atoms with Gasteiger partial charge in [0.15, 0.2) is 0 Å². The summed E-state index contributed by atoms with van der Waals surface area (Å²) < 4.78 is 6.03. The molecule has 4 heterocycles. The molecule has 5 rings (SSSR count). The number of benzene rings is 1. The van der Waals surface area contributed by atoms with E-state index in [9.17, 15) is 0 Å². The van der Waals surface area contributed by atoms with Gasteiger partial charge in [-0.25, -0.2) is 9.97 Å². The average Bonchev–Trinajstić information content (AvgIpc) is 3.09. The highest BCUT2D eigenvalue weighted by Gasteiger charge is 2.43. The van der Waals surface area contributed by atoms with E-state index in [2.05, 4.69) is 36.4 Å². The zero-order valence-corrected chi connectivity index (χ0v) is 17.3. The summed E-state index contributed by atoms with van der Waals surface area (Å²) >= 11 is 0. The molecule has 2 fully saturated rings. The molecule has 0 amide bonds. The average molecular weight is 393 g/mol. The number of rotatable bonds is 3. The number of aromatic amines is 1. The zero-order chi connectivity index (χ0) is 20.1. The van der Waals surface area contributed by atoms with Gasteiger partial charge < -0.3 is 15.0 Å². The van der Waals surface area contributed by atoms with Crippen molar-refractivity contribution in [2.75, 3.05) is 31.1 Å². The van der Waals surface area contributed by atoms with Crippen LogP contribution >= 0.6 is 0 Å². The molecule has 0 radical (unpaired) electrons. The number of anilines is 1. The van der Waals surface area contributed by atoms with Crippen molar-refractivity contribution in [2.24, 2.45) is 5.41 Å². The fraction of sp³-hybridized carbons (Fsp3) is 0.500. The summed E-state index contributed by atoms with van der Waals surface area (Å²) in [6.45, 7) is 10.6. The van der Waals surface area contributed by atoms with Gasteiger partial charge in [0.25, 0.3) is 0 Å². The number of aromatic nitrogens is 4. The van der Waals surface area contributed by atoms with Crippen molar-refractivity contribution in [2.45, 2.75) is 39.2 Å². The summed E-state index contributed by atoms with van der Waals surface area (Å²) in [5.41, 5.74) is 2.86. The molecule has 152 valence electrons. The predicted molar refractivity (Wildman–Crippen MR) is 114 cm³/mol. The first-order valence-corrected chi connectivity index (χ1v) is 10.4. The molecule has 7 heteroatoms. The summed E-state index contributed by atoms with van der Waals surface area (Å²) in [5.74, 6) is 1.81. The van der Waals surface area contributed by atoms with E-state index >= 15 is 0 Å². The lowest BCUT2D eigenvalue weighted by molar-refractivity contribution is 0.131.